The minimum Gasteiger partial charge on any atom is -0.465 e. The Morgan fingerprint density at radius 2 is 2.00 bits per heavy atom. The Morgan fingerprint density at radius 3 is 2.52 bits per heavy atom. The van der Waals surface area contributed by atoms with Crippen LogP contribution in [0.25, 0.3) is 0 Å². The summed E-state index contributed by atoms with van der Waals surface area (Å²) >= 11 is 1.93. The lowest BCUT2D eigenvalue weighted by molar-refractivity contribution is -0.151. The standard InChI is InChI=1S/C16H29NO3S/c1-4-20-15(18)16(13-5-6-13,17-12(2)3)11-21-14-7-9-19-10-8-14/h12-14,17H,4-11H2,1-3H3. The van der Waals surface area contributed by atoms with Crippen LogP contribution in [0.2, 0.25) is 0 Å². The number of hydrogen-bond acceptors (Lipinski definition) is 5. The third kappa shape index (κ3) is 4.60. The third-order valence-corrected chi connectivity index (χ3v) is 5.74. The number of carbonyl (C=O) groups is 1. The SMILES string of the molecule is CCOC(=O)C(CSC1CCOCC1)(NC(C)C)C1CC1. The van der Waals surface area contributed by atoms with E-state index in [4.69, 9.17) is 9.47 Å². The second kappa shape index (κ2) is 7.84. The third-order valence-electron chi connectivity index (χ3n) is 4.18. The van der Waals surface area contributed by atoms with Crippen LogP contribution in [-0.2, 0) is 14.3 Å². The van der Waals surface area contributed by atoms with E-state index in [2.05, 4.69) is 19.2 Å². The van der Waals surface area contributed by atoms with Gasteiger partial charge in [0, 0.05) is 30.3 Å². The summed E-state index contributed by atoms with van der Waals surface area (Å²) in [4.78, 5) is 12.6. The van der Waals surface area contributed by atoms with Gasteiger partial charge in [-0.1, -0.05) is 0 Å². The fourth-order valence-corrected chi connectivity index (χ4v) is 4.47. The number of thioether (sulfide) groups is 1. The van der Waals surface area contributed by atoms with E-state index in [1.165, 1.54) is 0 Å². The predicted octanol–water partition coefficient (Wildman–Crippen LogP) is 2.61. The summed E-state index contributed by atoms with van der Waals surface area (Å²) in [6, 6.07) is 0.283. The highest BCUT2D eigenvalue weighted by atomic mass is 32.2. The Hall–Kier alpha value is -0.260. The topological polar surface area (TPSA) is 47.6 Å². The molecule has 1 saturated heterocycles. The van der Waals surface area contributed by atoms with E-state index in [0.29, 0.717) is 17.8 Å². The van der Waals surface area contributed by atoms with Crippen molar-refractivity contribution in [2.24, 2.45) is 5.92 Å². The lowest BCUT2D eigenvalue weighted by atomic mass is 9.94. The van der Waals surface area contributed by atoms with E-state index < -0.39 is 5.54 Å². The van der Waals surface area contributed by atoms with Crippen LogP contribution in [-0.4, -0.2) is 48.4 Å². The number of carbonyl (C=O) groups excluding carboxylic acids is 1. The van der Waals surface area contributed by atoms with Crippen LogP contribution in [0.4, 0.5) is 0 Å². The molecular weight excluding hydrogens is 286 g/mol. The molecule has 0 bridgehead atoms. The highest BCUT2D eigenvalue weighted by molar-refractivity contribution is 8.00. The molecule has 1 N–H and O–H groups in total. The molecule has 1 aliphatic heterocycles. The van der Waals surface area contributed by atoms with Crippen LogP contribution < -0.4 is 5.32 Å². The molecule has 1 saturated carbocycles. The summed E-state index contributed by atoms with van der Waals surface area (Å²) in [5, 5.41) is 4.16. The van der Waals surface area contributed by atoms with Crippen molar-refractivity contribution < 1.29 is 14.3 Å². The van der Waals surface area contributed by atoms with Gasteiger partial charge >= 0.3 is 5.97 Å². The van der Waals surface area contributed by atoms with Gasteiger partial charge in [-0.3, -0.25) is 10.1 Å². The molecule has 0 aromatic heterocycles. The quantitative estimate of drug-likeness (QED) is 0.698. The number of ether oxygens (including phenoxy) is 2. The molecular formula is C16H29NO3S. The van der Waals surface area contributed by atoms with Gasteiger partial charge in [0.2, 0.25) is 0 Å². The summed E-state index contributed by atoms with van der Waals surface area (Å²) in [5.41, 5.74) is -0.493. The average Bonchev–Trinajstić information content (AvgIpc) is 3.29. The molecule has 1 unspecified atom stereocenters. The monoisotopic (exact) mass is 315 g/mol. The second-order valence-electron chi connectivity index (χ2n) is 6.39. The fraction of sp³-hybridized carbons (Fsp3) is 0.938. The van der Waals surface area contributed by atoms with E-state index in [-0.39, 0.29) is 12.0 Å². The molecule has 21 heavy (non-hydrogen) atoms. The molecule has 1 heterocycles. The molecule has 5 heteroatoms. The maximum Gasteiger partial charge on any atom is 0.327 e. The first kappa shape index (κ1) is 17.1. The van der Waals surface area contributed by atoms with Gasteiger partial charge < -0.3 is 9.47 Å². The van der Waals surface area contributed by atoms with Gasteiger partial charge in [0.15, 0.2) is 0 Å². The van der Waals surface area contributed by atoms with Crippen LogP contribution in [0.15, 0.2) is 0 Å². The number of rotatable bonds is 8. The Morgan fingerprint density at radius 1 is 1.33 bits per heavy atom. The summed E-state index contributed by atoms with van der Waals surface area (Å²) in [5.74, 6) is 1.20. The number of hydrogen-bond donors (Lipinski definition) is 1. The van der Waals surface area contributed by atoms with Crippen molar-refractivity contribution >= 4 is 17.7 Å². The van der Waals surface area contributed by atoms with Crippen molar-refractivity contribution in [2.75, 3.05) is 25.6 Å². The molecule has 2 rings (SSSR count). The summed E-state index contributed by atoms with van der Waals surface area (Å²) < 4.78 is 10.8. The van der Waals surface area contributed by atoms with Crippen LogP contribution >= 0.6 is 11.8 Å². The molecule has 0 spiro atoms. The Bertz CT molecular complexity index is 340. The molecule has 2 fully saturated rings. The molecule has 0 aromatic carbocycles. The summed E-state index contributed by atoms with van der Waals surface area (Å²) in [6.07, 6.45) is 4.45. The van der Waals surface area contributed by atoms with Crippen LogP contribution in [0.3, 0.4) is 0 Å². The predicted molar refractivity (Wildman–Crippen MR) is 86.7 cm³/mol. The summed E-state index contributed by atoms with van der Waals surface area (Å²) in [7, 11) is 0. The molecule has 0 radical (unpaired) electrons. The molecule has 2 aliphatic rings. The van der Waals surface area contributed by atoms with Gasteiger partial charge in [-0.05, 0) is 52.4 Å². The Labute approximate surface area is 132 Å². The molecule has 122 valence electrons. The summed E-state index contributed by atoms with van der Waals surface area (Å²) in [6.45, 7) is 8.26. The van der Waals surface area contributed by atoms with E-state index >= 15 is 0 Å². The van der Waals surface area contributed by atoms with Gasteiger partial charge in [-0.2, -0.15) is 11.8 Å². The smallest absolute Gasteiger partial charge is 0.327 e. The first-order valence-corrected chi connectivity index (χ1v) is 9.27. The normalized spacial score (nSPS) is 23.0. The fourth-order valence-electron chi connectivity index (χ4n) is 3.00. The van der Waals surface area contributed by atoms with E-state index in [1.807, 2.05) is 18.7 Å². The first-order chi connectivity index (χ1) is 10.1. The zero-order chi connectivity index (χ0) is 15.3. The van der Waals surface area contributed by atoms with Gasteiger partial charge in [0.05, 0.1) is 6.61 Å². The van der Waals surface area contributed by atoms with Crippen LogP contribution in [0.5, 0.6) is 0 Å². The van der Waals surface area contributed by atoms with E-state index in [0.717, 1.165) is 44.6 Å². The van der Waals surface area contributed by atoms with Gasteiger partial charge in [0.1, 0.15) is 5.54 Å². The Kier molecular flexibility index (Phi) is 6.38. The van der Waals surface area contributed by atoms with Crippen molar-refractivity contribution in [3.05, 3.63) is 0 Å². The minimum atomic E-state index is -0.493. The zero-order valence-electron chi connectivity index (χ0n) is 13.5. The lowest BCUT2D eigenvalue weighted by Crippen LogP contribution is -2.59. The van der Waals surface area contributed by atoms with Crippen molar-refractivity contribution in [1.29, 1.82) is 0 Å². The molecule has 1 atom stereocenters. The van der Waals surface area contributed by atoms with E-state index in [1.54, 1.807) is 0 Å². The van der Waals surface area contributed by atoms with Gasteiger partial charge in [-0.15, -0.1) is 0 Å². The molecule has 1 aliphatic carbocycles. The van der Waals surface area contributed by atoms with Crippen LogP contribution in [0.1, 0.15) is 46.5 Å². The highest BCUT2D eigenvalue weighted by Gasteiger charge is 2.52. The number of nitrogens with one attached hydrogen (secondary N) is 1. The zero-order valence-corrected chi connectivity index (χ0v) is 14.3. The largest absolute Gasteiger partial charge is 0.465 e. The van der Waals surface area contributed by atoms with Crippen LogP contribution in [0, 0.1) is 5.92 Å². The van der Waals surface area contributed by atoms with Gasteiger partial charge in [-0.25, -0.2) is 0 Å². The van der Waals surface area contributed by atoms with Crippen molar-refractivity contribution in [1.82, 2.24) is 5.32 Å². The maximum absolute atomic E-state index is 12.6. The Balaban J connectivity index is 2.03. The second-order valence-corrected chi connectivity index (χ2v) is 7.68. The minimum absolute atomic E-state index is 0.0549. The highest BCUT2D eigenvalue weighted by Crippen LogP contribution is 2.43. The van der Waals surface area contributed by atoms with Crippen molar-refractivity contribution in [3.63, 3.8) is 0 Å². The maximum atomic E-state index is 12.6. The molecule has 4 nitrogen and oxygen atoms in total. The number of esters is 1. The lowest BCUT2D eigenvalue weighted by Gasteiger charge is -2.36. The first-order valence-electron chi connectivity index (χ1n) is 8.22. The average molecular weight is 315 g/mol. The van der Waals surface area contributed by atoms with Crippen molar-refractivity contribution in [3.8, 4) is 0 Å². The van der Waals surface area contributed by atoms with Gasteiger partial charge in [0.25, 0.3) is 0 Å². The molecule has 0 amide bonds. The van der Waals surface area contributed by atoms with E-state index in [9.17, 15) is 4.79 Å². The van der Waals surface area contributed by atoms with Crippen molar-refractivity contribution in [2.45, 2.75) is 63.3 Å². The molecule has 0 aromatic rings.